The van der Waals surface area contributed by atoms with Crippen molar-refractivity contribution in [2.75, 3.05) is 98.1 Å². The van der Waals surface area contributed by atoms with E-state index in [2.05, 4.69) is 21.3 Å². The van der Waals surface area contributed by atoms with E-state index in [0.717, 1.165) is 37.9 Å². The van der Waals surface area contributed by atoms with Gasteiger partial charge in [-0.3, -0.25) is 32.2 Å². The van der Waals surface area contributed by atoms with Gasteiger partial charge in [0.2, 0.25) is 5.91 Å². The quantitative estimate of drug-likeness (QED) is 0.0116. The van der Waals surface area contributed by atoms with Crippen LogP contribution in [0, 0.1) is 11.8 Å². The summed E-state index contributed by atoms with van der Waals surface area (Å²) < 4.78 is 97.8. The minimum Gasteiger partial charge on any atom is -0.508 e. The predicted octanol–water partition coefficient (Wildman–Crippen LogP) is 7.34. The summed E-state index contributed by atoms with van der Waals surface area (Å²) in [6, 6.07) is 13.6. The van der Waals surface area contributed by atoms with Crippen molar-refractivity contribution in [1.82, 2.24) is 21.3 Å². The van der Waals surface area contributed by atoms with Crippen LogP contribution in [-0.2, 0) is 70.4 Å². The molecule has 4 amide bonds. The van der Waals surface area contributed by atoms with Crippen molar-refractivity contribution >= 4 is 59.5 Å². The van der Waals surface area contributed by atoms with Crippen molar-refractivity contribution in [3.05, 3.63) is 82.4 Å². The number of hydrogen-bond donors (Lipinski definition) is 9. The largest absolute Gasteiger partial charge is 0.508 e. The molecule has 4 aliphatic rings. The van der Waals surface area contributed by atoms with Crippen LogP contribution in [0.25, 0.3) is 0 Å². The Labute approximate surface area is 516 Å². The second kappa shape index (κ2) is 35.2. The summed E-state index contributed by atoms with van der Waals surface area (Å²) in [5.41, 5.74) is 0.0179. The number of thioether (sulfide) groups is 1. The van der Waals surface area contributed by atoms with Crippen LogP contribution in [0.5, 0.6) is 23.0 Å². The maximum absolute atomic E-state index is 13.6. The van der Waals surface area contributed by atoms with Crippen LogP contribution in [0.1, 0.15) is 122 Å². The minimum absolute atomic E-state index is 0.00666. The first-order valence-electron chi connectivity index (χ1n) is 29.7. The van der Waals surface area contributed by atoms with Crippen LogP contribution in [0.4, 0.5) is 4.79 Å². The molecule has 9 N–H and O–H groups in total. The second-order valence-electron chi connectivity index (χ2n) is 21.5. The van der Waals surface area contributed by atoms with E-state index < -0.39 is 73.2 Å². The number of aromatic hydroxyl groups is 2. The van der Waals surface area contributed by atoms with Crippen molar-refractivity contribution in [3.8, 4) is 23.0 Å². The number of phenols is 2. The Kier molecular flexibility index (Phi) is 28.3. The third-order valence-corrected chi connectivity index (χ3v) is 19.2. The standard InChI is InChI=1S/C57H83N4O23P3S/c1-3-38(4-2)19-23-78-86(70,71)79-33-39(10-7-8-20-59-54(65)40-13-16-45-44(30-40)55(66)83-57(45)46-17-14-41(62)31-49(46)82-50-32-42(63)15-18-47(50)57)34-80-87(72,73)81-36-43(84-85(68)69)35-77-29-28-76-27-26-75-25-24-74-22-9-21-58-52(64)12-6-5-11-51-53-48(37-88-51)60-56(67)61-53/h13-18,30-32,38-39,43,48,51,53,62-63,85H,3-12,19-29,33-37H2,1-2H3,(H,58,64)(H,59,65)(H,68,69)(H,70,71)(H,72,73)(H2,60,61,67). The number of nitrogens with one attached hydrogen (secondary N) is 4. The SMILES string of the molecule is CCC(CC)CCOP(=O)(O)OCC(CCCCNC(=O)c1ccc2c(c1)C(=O)OC21c2ccc(O)cc2Oc2cc(O)ccc21)COP(=O)(O)OCC(COCCOCCOCCOCCCNC(=O)CCCCC1SCC2NC(=O)NC21)O[PH](=O)O. The average Bonchev–Trinajstić information content (AvgIpc) is 1.49. The van der Waals surface area contributed by atoms with Crippen molar-refractivity contribution in [2.24, 2.45) is 11.8 Å². The van der Waals surface area contributed by atoms with E-state index >= 15 is 0 Å². The second-order valence-corrected chi connectivity index (χ2v) is 26.5. The number of amides is 4. The fourth-order valence-electron chi connectivity index (χ4n) is 10.5. The van der Waals surface area contributed by atoms with Crippen LogP contribution in [0.2, 0.25) is 0 Å². The summed E-state index contributed by atoms with van der Waals surface area (Å²) in [5.74, 6) is -0.599. The van der Waals surface area contributed by atoms with Crippen molar-refractivity contribution in [1.29, 1.82) is 0 Å². The zero-order valence-electron chi connectivity index (χ0n) is 49.4. The van der Waals surface area contributed by atoms with Gasteiger partial charge in [0.15, 0.2) is 5.60 Å². The first-order chi connectivity index (χ1) is 42.3. The molecule has 27 nitrogen and oxygen atoms in total. The zero-order chi connectivity index (χ0) is 63.1. The Morgan fingerprint density at radius 2 is 1.32 bits per heavy atom. The molecule has 7 rings (SSSR count). The third-order valence-electron chi connectivity index (χ3n) is 15.2. The van der Waals surface area contributed by atoms with Crippen LogP contribution in [0.15, 0.2) is 54.6 Å². The number of fused-ring (bicyclic) bond motifs is 7. The Balaban J connectivity index is 0.777. The maximum atomic E-state index is 13.6. The number of esters is 1. The Hall–Kier alpha value is -4.70. The lowest BCUT2D eigenvalue weighted by Crippen LogP contribution is -2.36. The number of urea groups is 1. The van der Waals surface area contributed by atoms with Gasteiger partial charge in [-0.25, -0.2) is 18.7 Å². The fourth-order valence-corrected chi connectivity index (χ4v) is 14.1. The van der Waals surface area contributed by atoms with Gasteiger partial charge in [-0.15, -0.1) is 0 Å². The highest BCUT2D eigenvalue weighted by Gasteiger charge is 2.54. The van der Waals surface area contributed by atoms with E-state index in [1.54, 1.807) is 18.2 Å². The van der Waals surface area contributed by atoms with E-state index in [1.165, 1.54) is 36.4 Å². The van der Waals surface area contributed by atoms with E-state index in [0.29, 0.717) is 80.4 Å². The number of rotatable bonds is 43. The number of unbranched alkanes of at least 4 members (excludes halogenated alkanes) is 2. The molecular formula is C57H83N4O23P3S. The van der Waals surface area contributed by atoms with Gasteiger partial charge < -0.3 is 79.1 Å². The summed E-state index contributed by atoms with van der Waals surface area (Å²) in [5, 5.41) is 32.5. The number of phosphoric acid groups is 2. The molecule has 2 saturated heterocycles. The number of carbonyl (C=O) groups is 4. The lowest BCUT2D eigenvalue weighted by atomic mass is 9.77. The number of phenolic OH excluding ortho intramolecular Hbond substituents is 2. The molecule has 0 saturated carbocycles. The molecule has 0 bridgehead atoms. The van der Waals surface area contributed by atoms with Gasteiger partial charge in [0, 0.05) is 77.4 Å². The van der Waals surface area contributed by atoms with Crippen LogP contribution >= 0.6 is 35.7 Å². The van der Waals surface area contributed by atoms with Crippen LogP contribution in [-0.4, -0.2) is 170 Å². The average molecular weight is 1320 g/mol. The lowest BCUT2D eigenvalue weighted by molar-refractivity contribution is -0.121. The van der Waals surface area contributed by atoms with E-state index in [4.69, 9.17) is 51.0 Å². The molecule has 0 aliphatic carbocycles. The first-order valence-corrected chi connectivity index (χ1v) is 35.0. The molecule has 8 unspecified atom stereocenters. The minimum atomic E-state index is -4.90. The highest BCUT2D eigenvalue weighted by atomic mass is 32.2. The van der Waals surface area contributed by atoms with Gasteiger partial charge in [0.1, 0.15) is 29.1 Å². The number of carbonyl (C=O) groups excluding carboxylic acids is 4. The summed E-state index contributed by atoms with van der Waals surface area (Å²) >= 11 is 1.87. The highest BCUT2D eigenvalue weighted by Crippen LogP contribution is 2.57. The van der Waals surface area contributed by atoms with Crippen LogP contribution < -0.4 is 26.0 Å². The molecule has 3 aromatic rings. The molecule has 4 aliphatic heterocycles. The molecule has 0 aromatic heterocycles. The topological polar surface area (TPSA) is 370 Å². The van der Waals surface area contributed by atoms with E-state index in [9.17, 15) is 57.8 Å². The van der Waals surface area contributed by atoms with Gasteiger partial charge in [0.05, 0.1) is 90.3 Å². The molecule has 490 valence electrons. The predicted molar refractivity (Wildman–Crippen MR) is 321 cm³/mol. The van der Waals surface area contributed by atoms with Gasteiger partial charge in [0.25, 0.3) is 5.91 Å². The van der Waals surface area contributed by atoms with E-state index in [-0.39, 0.29) is 117 Å². The molecule has 88 heavy (non-hydrogen) atoms. The molecule has 0 radical (unpaired) electrons. The Bertz CT molecular complexity index is 2860. The molecule has 4 heterocycles. The molecule has 3 aromatic carbocycles. The zero-order valence-corrected chi connectivity index (χ0v) is 53.0. The van der Waals surface area contributed by atoms with Crippen molar-refractivity contribution in [2.45, 2.75) is 114 Å². The molecule has 31 heteroatoms. The van der Waals surface area contributed by atoms with Gasteiger partial charge >= 0.3 is 35.9 Å². The summed E-state index contributed by atoms with van der Waals surface area (Å²) in [6.07, 6.45) is 5.66. The molecule has 2 fully saturated rings. The van der Waals surface area contributed by atoms with E-state index in [1.807, 2.05) is 25.6 Å². The van der Waals surface area contributed by atoms with Crippen molar-refractivity contribution in [3.63, 3.8) is 0 Å². The smallest absolute Gasteiger partial charge is 0.472 e. The van der Waals surface area contributed by atoms with Crippen molar-refractivity contribution < 1.29 is 109 Å². The summed E-state index contributed by atoms with van der Waals surface area (Å²) in [7, 11) is -13.0. The summed E-state index contributed by atoms with van der Waals surface area (Å²) in [4.78, 5) is 81.5. The Morgan fingerprint density at radius 1 is 0.705 bits per heavy atom. The third kappa shape index (κ3) is 21.5. The summed E-state index contributed by atoms with van der Waals surface area (Å²) in [6.45, 7) is 4.43. The fraction of sp³-hybridized carbons (Fsp3) is 0.614. The van der Waals surface area contributed by atoms with Gasteiger partial charge in [-0.1, -0.05) is 45.6 Å². The van der Waals surface area contributed by atoms with Crippen LogP contribution in [0.3, 0.4) is 0 Å². The molecule has 1 spiro atoms. The number of ether oxygens (including phenoxy) is 6. The Morgan fingerprint density at radius 3 is 1.98 bits per heavy atom. The number of phosphoric ester groups is 2. The van der Waals surface area contributed by atoms with Gasteiger partial charge in [-0.05, 0) is 80.8 Å². The monoisotopic (exact) mass is 1320 g/mol. The first kappa shape index (κ1) is 70.8. The molecular weight excluding hydrogens is 1230 g/mol. The normalized spacial score (nSPS) is 19.5. The highest BCUT2D eigenvalue weighted by molar-refractivity contribution is 8.00. The molecule has 8 atom stereocenters. The van der Waals surface area contributed by atoms with Gasteiger partial charge in [-0.2, -0.15) is 11.8 Å². The lowest BCUT2D eigenvalue weighted by Gasteiger charge is -2.36. The number of benzene rings is 3. The maximum Gasteiger partial charge on any atom is 0.472 e. The number of hydrogen-bond acceptors (Lipinski definition) is 21.